The first-order valence-corrected chi connectivity index (χ1v) is 10.4. The first kappa shape index (κ1) is 19.7. The molecule has 0 fully saturated rings. The fourth-order valence-corrected chi connectivity index (χ4v) is 3.45. The molecule has 158 valence electrons. The Balaban J connectivity index is 1.22. The molecule has 2 heterocycles. The number of H-pyrrole nitrogens is 1. The van der Waals surface area contributed by atoms with Crippen LogP contribution in [-0.2, 0) is 11.2 Å². The molecule has 0 aliphatic heterocycles. The van der Waals surface area contributed by atoms with E-state index in [1.54, 1.807) is 0 Å². The van der Waals surface area contributed by atoms with Crippen molar-refractivity contribution in [3.63, 3.8) is 0 Å². The van der Waals surface area contributed by atoms with Gasteiger partial charge in [-0.05, 0) is 43.3 Å². The fourth-order valence-electron chi connectivity index (χ4n) is 3.45. The van der Waals surface area contributed by atoms with Gasteiger partial charge < -0.3 is 14.7 Å². The van der Waals surface area contributed by atoms with Crippen molar-refractivity contribution in [3.05, 3.63) is 84.3 Å². The van der Waals surface area contributed by atoms with Gasteiger partial charge in [0.25, 0.3) is 0 Å². The first-order chi connectivity index (χ1) is 15.6. The number of para-hydroxylation sites is 2. The third kappa shape index (κ3) is 4.27. The normalized spacial score (nSPS) is 11.0. The van der Waals surface area contributed by atoms with Crippen molar-refractivity contribution in [2.45, 2.75) is 19.8 Å². The second kappa shape index (κ2) is 8.47. The van der Waals surface area contributed by atoms with Crippen LogP contribution in [-0.4, -0.2) is 26.1 Å². The van der Waals surface area contributed by atoms with Crippen LogP contribution in [0.1, 0.15) is 17.9 Å². The maximum absolute atomic E-state index is 12.5. The van der Waals surface area contributed by atoms with Gasteiger partial charge in [0, 0.05) is 29.7 Å². The molecule has 0 bridgehead atoms. The number of aryl methyl sites for hydroxylation is 2. The van der Waals surface area contributed by atoms with E-state index in [1.807, 2.05) is 79.7 Å². The van der Waals surface area contributed by atoms with E-state index in [1.165, 1.54) is 0 Å². The van der Waals surface area contributed by atoms with Gasteiger partial charge in [-0.3, -0.25) is 4.79 Å². The van der Waals surface area contributed by atoms with Crippen molar-refractivity contribution in [2.24, 2.45) is 0 Å². The van der Waals surface area contributed by atoms with Gasteiger partial charge in [-0.2, -0.15) is 0 Å². The highest BCUT2D eigenvalue weighted by molar-refractivity contribution is 5.91. The van der Waals surface area contributed by atoms with E-state index in [0.29, 0.717) is 23.9 Å². The lowest BCUT2D eigenvalue weighted by Gasteiger charge is -2.06. The number of benzene rings is 3. The van der Waals surface area contributed by atoms with Gasteiger partial charge in [0.15, 0.2) is 0 Å². The van der Waals surface area contributed by atoms with Gasteiger partial charge in [-0.1, -0.05) is 42.0 Å². The minimum Gasteiger partial charge on any atom is -0.421 e. The summed E-state index contributed by atoms with van der Waals surface area (Å²) in [5, 5.41) is 11.1. The molecule has 0 saturated heterocycles. The molecule has 0 atom stereocenters. The molecule has 0 radical (unpaired) electrons. The van der Waals surface area contributed by atoms with Crippen LogP contribution in [0.4, 0.5) is 5.69 Å². The quantitative estimate of drug-likeness (QED) is 0.393. The van der Waals surface area contributed by atoms with Crippen molar-refractivity contribution in [1.29, 1.82) is 0 Å². The first-order valence-electron chi connectivity index (χ1n) is 10.4. The fraction of sp³-hybridized carbons (Fsp3) is 0.120. The number of hydrogen-bond acceptors (Lipinski definition) is 5. The summed E-state index contributed by atoms with van der Waals surface area (Å²) in [6.45, 7) is 2.02. The van der Waals surface area contributed by atoms with Gasteiger partial charge in [-0.15, -0.1) is 10.2 Å². The molecule has 7 heteroatoms. The Morgan fingerprint density at radius 3 is 2.66 bits per heavy atom. The van der Waals surface area contributed by atoms with E-state index in [9.17, 15) is 4.79 Å². The van der Waals surface area contributed by atoms with E-state index in [0.717, 1.165) is 33.5 Å². The summed E-state index contributed by atoms with van der Waals surface area (Å²) in [4.78, 5) is 20.4. The van der Waals surface area contributed by atoms with Gasteiger partial charge in [0.2, 0.25) is 17.7 Å². The van der Waals surface area contributed by atoms with Crippen molar-refractivity contribution in [3.8, 4) is 22.8 Å². The number of carbonyl (C=O) groups is 1. The maximum atomic E-state index is 12.5. The number of imidazole rings is 1. The van der Waals surface area contributed by atoms with Crippen LogP contribution in [0.3, 0.4) is 0 Å². The molecule has 2 aromatic heterocycles. The standard InChI is InChI=1S/C25H21N5O2/c1-16-9-11-17(12-10-16)25-30-29-23(32-25)14-13-22(31)26-19-6-4-5-18(15-19)24-27-20-7-2-3-8-21(20)28-24/h2-12,15H,13-14H2,1H3,(H,26,31)(H,27,28). The second-order valence-corrected chi connectivity index (χ2v) is 7.60. The number of nitrogens with zero attached hydrogens (tertiary/aromatic N) is 3. The molecular formula is C25H21N5O2. The summed E-state index contributed by atoms with van der Waals surface area (Å²) in [6, 6.07) is 23.3. The number of nitrogens with one attached hydrogen (secondary N) is 2. The summed E-state index contributed by atoms with van der Waals surface area (Å²) in [5.41, 5.74) is 5.51. The summed E-state index contributed by atoms with van der Waals surface area (Å²) >= 11 is 0. The Bertz CT molecular complexity index is 1350. The highest BCUT2D eigenvalue weighted by Gasteiger charge is 2.12. The Morgan fingerprint density at radius 2 is 1.81 bits per heavy atom. The van der Waals surface area contributed by atoms with Crippen LogP contribution in [0.15, 0.2) is 77.2 Å². The zero-order valence-electron chi connectivity index (χ0n) is 17.5. The minimum absolute atomic E-state index is 0.123. The number of aromatic amines is 1. The maximum Gasteiger partial charge on any atom is 0.247 e. The van der Waals surface area contributed by atoms with Crippen LogP contribution in [0, 0.1) is 6.92 Å². The molecular weight excluding hydrogens is 402 g/mol. The average molecular weight is 423 g/mol. The summed E-state index contributed by atoms with van der Waals surface area (Å²) in [5.74, 6) is 1.53. The van der Waals surface area contributed by atoms with Crippen LogP contribution >= 0.6 is 0 Å². The van der Waals surface area contributed by atoms with E-state index >= 15 is 0 Å². The zero-order valence-corrected chi connectivity index (χ0v) is 17.5. The summed E-state index contributed by atoms with van der Waals surface area (Å²) in [7, 11) is 0. The summed E-state index contributed by atoms with van der Waals surface area (Å²) < 4.78 is 5.70. The average Bonchev–Trinajstić information content (AvgIpc) is 3.46. The molecule has 5 rings (SSSR count). The predicted molar refractivity (Wildman–Crippen MR) is 123 cm³/mol. The Morgan fingerprint density at radius 1 is 0.969 bits per heavy atom. The highest BCUT2D eigenvalue weighted by atomic mass is 16.4. The Labute approximate surface area is 184 Å². The third-order valence-electron chi connectivity index (χ3n) is 5.14. The molecule has 0 spiro atoms. The van der Waals surface area contributed by atoms with Crippen LogP contribution in [0.25, 0.3) is 33.9 Å². The highest BCUT2D eigenvalue weighted by Crippen LogP contribution is 2.23. The lowest BCUT2D eigenvalue weighted by Crippen LogP contribution is -2.12. The molecule has 0 saturated carbocycles. The molecule has 1 amide bonds. The number of fused-ring (bicyclic) bond motifs is 1. The van der Waals surface area contributed by atoms with Gasteiger partial charge in [0.05, 0.1) is 11.0 Å². The number of carbonyl (C=O) groups excluding carboxylic acids is 1. The number of aromatic nitrogens is 4. The molecule has 0 aliphatic carbocycles. The predicted octanol–water partition coefficient (Wildman–Crippen LogP) is 5.16. The van der Waals surface area contributed by atoms with Crippen LogP contribution in [0.5, 0.6) is 0 Å². The number of anilines is 1. The monoisotopic (exact) mass is 423 g/mol. The largest absolute Gasteiger partial charge is 0.421 e. The van der Waals surface area contributed by atoms with Crippen LogP contribution in [0.2, 0.25) is 0 Å². The molecule has 0 aliphatic rings. The van der Waals surface area contributed by atoms with E-state index in [-0.39, 0.29) is 12.3 Å². The van der Waals surface area contributed by atoms with Crippen molar-refractivity contribution < 1.29 is 9.21 Å². The SMILES string of the molecule is Cc1ccc(-c2nnc(CCC(=O)Nc3cccc(-c4nc5ccccc5[nH]4)c3)o2)cc1. The minimum atomic E-state index is -0.123. The Hall–Kier alpha value is -4.26. The molecule has 2 N–H and O–H groups in total. The summed E-state index contributed by atoms with van der Waals surface area (Å²) in [6.07, 6.45) is 0.609. The van der Waals surface area contributed by atoms with E-state index in [4.69, 9.17) is 4.42 Å². The van der Waals surface area contributed by atoms with Crippen LogP contribution < -0.4 is 5.32 Å². The van der Waals surface area contributed by atoms with Crippen molar-refractivity contribution in [2.75, 3.05) is 5.32 Å². The van der Waals surface area contributed by atoms with Gasteiger partial charge in [0.1, 0.15) is 5.82 Å². The third-order valence-corrected chi connectivity index (χ3v) is 5.14. The van der Waals surface area contributed by atoms with E-state index in [2.05, 4.69) is 25.5 Å². The Kier molecular flexibility index (Phi) is 5.21. The number of hydrogen-bond donors (Lipinski definition) is 2. The molecule has 3 aromatic carbocycles. The molecule has 5 aromatic rings. The van der Waals surface area contributed by atoms with E-state index < -0.39 is 0 Å². The molecule has 7 nitrogen and oxygen atoms in total. The number of amides is 1. The van der Waals surface area contributed by atoms with Crippen molar-refractivity contribution >= 4 is 22.6 Å². The van der Waals surface area contributed by atoms with Crippen molar-refractivity contribution in [1.82, 2.24) is 20.2 Å². The van der Waals surface area contributed by atoms with Gasteiger partial charge >= 0.3 is 0 Å². The lowest BCUT2D eigenvalue weighted by molar-refractivity contribution is -0.116. The second-order valence-electron chi connectivity index (χ2n) is 7.60. The van der Waals surface area contributed by atoms with Gasteiger partial charge in [-0.25, -0.2) is 4.98 Å². The zero-order chi connectivity index (χ0) is 21.9. The molecule has 32 heavy (non-hydrogen) atoms. The topological polar surface area (TPSA) is 96.7 Å². The lowest BCUT2D eigenvalue weighted by atomic mass is 10.1. The molecule has 0 unspecified atom stereocenters. The number of rotatable bonds is 6. The smallest absolute Gasteiger partial charge is 0.247 e.